The van der Waals surface area contributed by atoms with Crippen LogP contribution in [0.25, 0.3) is 0 Å². The minimum atomic E-state index is -0.845. The Labute approximate surface area is 142 Å². The zero-order chi connectivity index (χ0) is 17.2. The molecule has 2 atom stereocenters. The molecule has 0 aliphatic heterocycles. The third-order valence-electron chi connectivity index (χ3n) is 4.75. The van der Waals surface area contributed by atoms with Gasteiger partial charge in [0.15, 0.2) is 0 Å². The Bertz CT molecular complexity index is 447. The molecule has 1 aromatic rings. The first-order valence-corrected chi connectivity index (χ1v) is 9.27. The van der Waals surface area contributed by atoms with Gasteiger partial charge in [-0.1, -0.05) is 71.9 Å². The molecule has 1 aromatic carbocycles. The fourth-order valence-corrected chi connectivity index (χ4v) is 3.23. The van der Waals surface area contributed by atoms with Crippen molar-refractivity contribution in [1.29, 1.82) is 0 Å². The van der Waals surface area contributed by atoms with Gasteiger partial charge in [0.1, 0.15) is 0 Å². The second-order valence-corrected chi connectivity index (χ2v) is 7.42. The van der Waals surface area contributed by atoms with Crippen LogP contribution < -0.4 is 0 Å². The Kier molecular flexibility index (Phi) is 8.98. The molecule has 2 unspecified atom stereocenters. The molecule has 0 heterocycles. The van der Waals surface area contributed by atoms with Gasteiger partial charge in [0.25, 0.3) is 0 Å². The maximum absolute atomic E-state index is 11.0. The molecule has 2 heteroatoms. The molecular formula is C21H34O2. The van der Waals surface area contributed by atoms with E-state index in [9.17, 15) is 4.79 Å². The van der Waals surface area contributed by atoms with E-state index in [2.05, 4.69) is 27.7 Å². The molecule has 2 nitrogen and oxygen atoms in total. The molecule has 1 rings (SSSR count). The van der Waals surface area contributed by atoms with Crippen LogP contribution >= 0.6 is 0 Å². The minimum absolute atomic E-state index is 0.381. The SMILES string of the molecule is CCCC(CCC(C)CCCC(C)C)c1ccc(C(=O)O)cc1. The van der Waals surface area contributed by atoms with E-state index in [-0.39, 0.29) is 0 Å². The van der Waals surface area contributed by atoms with E-state index in [1.54, 1.807) is 12.1 Å². The van der Waals surface area contributed by atoms with Crippen LogP contribution in [-0.2, 0) is 0 Å². The van der Waals surface area contributed by atoms with E-state index < -0.39 is 5.97 Å². The molecule has 0 aromatic heterocycles. The molecule has 0 saturated heterocycles. The highest BCUT2D eigenvalue weighted by Gasteiger charge is 2.14. The van der Waals surface area contributed by atoms with Crippen molar-refractivity contribution < 1.29 is 9.90 Å². The van der Waals surface area contributed by atoms with E-state index in [4.69, 9.17) is 5.11 Å². The van der Waals surface area contributed by atoms with Crippen LogP contribution in [0.4, 0.5) is 0 Å². The van der Waals surface area contributed by atoms with Crippen molar-refractivity contribution in [2.24, 2.45) is 11.8 Å². The van der Waals surface area contributed by atoms with Crippen molar-refractivity contribution in [1.82, 2.24) is 0 Å². The van der Waals surface area contributed by atoms with E-state index in [0.29, 0.717) is 11.5 Å². The standard InChI is InChI=1S/C21H34O2/c1-5-7-18(11-10-17(4)9-6-8-16(2)3)19-12-14-20(15-13-19)21(22)23/h12-18H,5-11H2,1-4H3,(H,22,23). The molecule has 0 saturated carbocycles. The summed E-state index contributed by atoms with van der Waals surface area (Å²) in [5.74, 6) is 1.31. The van der Waals surface area contributed by atoms with Crippen molar-refractivity contribution in [3.63, 3.8) is 0 Å². The molecule has 0 aliphatic rings. The van der Waals surface area contributed by atoms with Crippen molar-refractivity contribution >= 4 is 5.97 Å². The smallest absolute Gasteiger partial charge is 0.335 e. The van der Waals surface area contributed by atoms with Gasteiger partial charge in [0.05, 0.1) is 5.56 Å². The lowest BCUT2D eigenvalue weighted by Gasteiger charge is -2.20. The highest BCUT2D eigenvalue weighted by molar-refractivity contribution is 5.87. The second kappa shape index (κ2) is 10.5. The number of carboxylic acid groups (broad SMARTS) is 1. The van der Waals surface area contributed by atoms with Crippen molar-refractivity contribution in [3.05, 3.63) is 35.4 Å². The molecule has 0 radical (unpaired) electrons. The van der Waals surface area contributed by atoms with Gasteiger partial charge in [-0.05, 0) is 48.3 Å². The van der Waals surface area contributed by atoms with Gasteiger partial charge in [-0.25, -0.2) is 4.79 Å². The summed E-state index contributed by atoms with van der Waals surface area (Å²) in [6.07, 6.45) is 8.84. The second-order valence-electron chi connectivity index (χ2n) is 7.42. The minimum Gasteiger partial charge on any atom is -0.478 e. The number of carboxylic acids is 1. The zero-order valence-electron chi connectivity index (χ0n) is 15.3. The highest BCUT2D eigenvalue weighted by atomic mass is 16.4. The third kappa shape index (κ3) is 7.67. The number of aromatic carboxylic acids is 1. The number of hydrogen-bond acceptors (Lipinski definition) is 1. The third-order valence-corrected chi connectivity index (χ3v) is 4.75. The first-order valence-electron chi connectivity index (χ1n) is 9.27. The largest absolute Gasteiger partial charge is 0.478 e. The van der Waals surface area contributed by atoms with Crippen LogP contribution in [-0.4, -0.2) is 11.1 Å². The summed E-state index contributed by atoms with van der Waals surface area (Å²) in [6, 6.07) is 7.50. The summed E-state index contributed by atoms with van der Waals surface area (Å²) in [4.78, 5) is 11.0. The van der Waals surface area contributed by atoms with E-state index in [1.165, 1.54) is 50.5 Å². The number of hydrogen-bond donors (Lipinski definition) is 1. The number of rotatable bonds is 11. The summed E-state index contributed by atoms with van der Waals surface area (Å²) < 4.78 is 0. The normalized spacial score (nSPS) is 14.0. The highest BCUT2D eigenvalue weighted by Crippen LogP contribution is 2.29. The molecule has 0 fully saturated rings. The van der Waals surface area contributed by atoms with Gasteiger partial charge < -0.3 is 5.11 Å². The van der Waals surface area contributed by atoms with Gasteiger partial charge in [-0.15, -0.1) is 0 Å². The first-order chi connectivity index (χ1) is 10.9. The van der Waals surface area contributed by atoms with E-state index >= 15 is 0 Å². The van der Waals surface area contributed by atoms with Crippen LogP contribution in [0.3, 0.4) is 0 Å². The summed E-state index contributed by atoms with van der Waals surface area (Å²) in [5.41, 5.74) is 1.68. The number of benzene rings is 1. The Morgan fingerprint density at radius 1 is 0.957 bits per heavy atom. The number of carbonyl (C=O) groups is 1. The maximum Gasteiger partial charge on any atom is 0.335 e. The van der Waals surface area contributed by atoms with Crippen molar-refractivity contribution in [3.8, 4) is 0 Å². The van der Waals surface area contributed by atoms with Crippen LogP contribution in [0.15, 0.2) is 24.3 Å². The Hall–Kier alpha value is -1.31. The molecule has 0 aliphatic carbocycles. The van der Waals surface area contributed by atoms with Crippen molar-refractivity contribution in [2.75, 3.05) is 0 Å². The summed E-state index contributed by atoms with van der Waals surface area (Å²) in [5, 5.41) is 9.02. The molecule has 1 N–H and O–H groups in total. The lowest BCUT2D eigenvalue weighted by Crippen LogP contribution is -2.04. The predicted octanol–water partition coefficient (Wildman–Crippen LogP) is 6.51. The molecule has 23 heavy (non-hydrogen) atoms. The van der Waals surface area contributed by atoms with E-state index in [0.717, 1.165) is 11.8 Å². The van der Waals surface area contributed by atoms with Crippen LogP contribution in [0.2, 0.25) is 0 Å². The van der Waals surface area contributed by atoms with Gasteiger partial charge in [0.2, 0.25) is 0 Å². The fraction of sp³-hybridized carbons (Fsp3) is 0.667. The lowest BCUT2D eigenvalue weighted by molar-refractivity contribution is 0.0697. The summed E-state index contributed by atoms with van der Waals surface area (Å²) in [7, 11) is 0. The quantitative estimate of drug-likeness (QED) is 0.505. The van der Waals surface area contributed by atoms with Gasteiger partial charge >= 0.3 is 5.97 Å². The first kappa shape index (κ1) is 19.7. The monoisotopic (exact) mass is 318 g/mol. The van der Waals surface area contributed by atoms with Gasteiger partial charge in [-0.3, -0.25) is 0 Å². The van der Waals surface area contributed by atoms with Gasteiger partial charge in [0, 0.05) is 0 Å². The Morgan fingerprint density at radius 2 is 1.61 bits per heavy atom. The summed E-state index contributed by atoms with van der Waals surface area (Å²) >= 11 is 0. The maximum atomic E-state index is 11.0. The van der Waals surface area contributed by atoms with Crippen LogP contribution in [0.1, 0.15) is 94.5 Å². The average Bonchev–Trinajstić information content (AvgIpc) is 2.51. The van der Waals surface area contributed by atoms with Crippen LogP contribution in [0.5, 0.6) is 0 Å². The van der Waals surface area contributed by atoms with Gasteiger partial charge in [-0.2, -0.15) is 0 Å². The predicted molar refractivity (Wildman–Crippen MR) is 98.1 cm³/mol. The van der Waals surface area contributed by atoms with Crippen molar-refractivity contribution in [2.45, 2.75) is 78.6 Å². The molecule has 0 bridgehead atoms. The fourth-order valence-electron chi connectivity index (χ4n) is 3.23. The molecule has 0 spiro atoms. The Balaban J connectivity index is 2.52. The average molecular weight is 319 g/mol. The topological polar surface area (TPSA) is 37.3 Å². The summed E-state index contributed by atoms with van der Waals surface area (Å²) in [6.45, 7) is 9.19. The Morgan fingerprint density at radius 3 is 2.13 bits per heavy atom. The lowest BCUT2D eigenvalue weighted by atomic mass is 9.86. The zero-order valence-corrected chi connectivity index (χ0v) is 15.3. The van der Waals surface area contributed by atoms with Crippen LogP contribution in [0, 0.1) is 11.8 Å². The van der Waals surface area contributed by atoms with E-state index in [1.807, 2.05) is 12.1 Å². The molecule has 0 amide bonds. The molecule has 130 valence electrons. The molecular weight excluding hydrogens is 284 g/mol.